The Morgan fingerprint density at radius 2 is 1.31 bits per heavy atom. The Morgan fingerprint density at radius 3 is 2.22 bits per heavy atom. The van der Waals surface area contributed by atoms with Crippen LogP contribution in [-0.4, -0.2) is 19.5 Å². The van der Waals surface area contributed by atoms with Crippen LogP contribution in [0.2, 0.25) is 0 Å². The van der Waals surface area contributed by atoms with Crippen LogP contribution < -0.4 is 0 Å². The molecule has 0 aliphatic rings. The monoisotopic (exact) mass is 626 g/mol. The molecule has 0 bridgehead atoms. The van der Waals surface area contributed by atoms with Gasteiger partial charge in [-0.1, -0.05) is 84.9 Å². The zero-order valence-electron chi connectivity index (χ0n) is 25.8. The Balaban J connectivity index is 1.30. The van der Waals surface area contributed by atoms with Gasteiger partial charge in [-0.2, -0.15) is 0 Å². The van der Waals surface area contributed by atoms with Gasteiger partial charge in [0, 0.05) is 50.1 Å². The van der Waals surface area contributed by atoms with E-state index in [4.69, 9.17) is 23.8 Å². The van der Waals surface area contributed by atoms with Crippen LogP contribution in [0.25, 0.3) is 115 Å². The maximum Gasteiger partial charge on any atom is 0.236 e. The van der Waals surface area contributed by atoms with Crippen molar-refractivity contribution in [1.29, 1.82) is 0 Å². The minimum absolute atomic E-state index is 0.547. The largest absolute Gasteiger partial charge is 0.456 e. The first-order valence-corrected chi connectivity index (χ1v) is 16.4. The molecule has 0 saturated carbocycles. The van der Waals surface area contributed by atoms with Crippen LogP contribution in [-0.2, 0) is 0 Å². The normalized spacial score (nSPS) is 12.5. The van der Waals surface area contributed by atoms with E-state index in [0.717, 1.165) is 104 Å². The van der Waals surface area contributed by atoms with Gasteiger partial charge < -0.3 is 8.83 Å². The molecule has 7 aromatic carbocycles. The number of para-hydroxylation sites is 2. The highest BCUT2D eigenvalue weighted by molar-refractivity contribution is 6.36. The summed E-state index contributed by atoms with van der Waals surface area (Å²) >= 11 is 0. The topological polar surface area (TPSA) is 69.9 Å². The number of hydrogen-bond acceptors (Lipinski definition) is 5. The zero-order valence-corrected chi connectivity index (χ0v) is 25.8. The van der Waals surface area contributed by atoms with Crippen molar-refractivity contribution in [2.24, 2.45) is 0 Å². The van der Waals surface area contributed by atoms with Crippen molar-refractivity contribution in [1.82, 2.24) is 19.5 Å². The molecule has 0 radical (unpaired) electrons. The quantitative estimate of drug-likeness (QED) is 0.179. The molecular weight excluding hydrogens is 604 g/mol. The summed E-state index contributed by atoms with van der Waals surface area (Å²) < 4.78 is 15.4. The standard InChI is InChI=1S/C43H22N4O2/c1-2-9-24-20-26(16-15-23(24)8-1)39-40-31(12-7-19-44-40)45-43(46-39)47-32-22-35-37(28-11-4-6-14-34(28)48-35)29-18-17-25-21-30-27-10-3-5-13-33(27)49-42(30)41(47)36(25)38(29)32/h1-22H. The first-order valence-electron chi connectivity index (χ1n) is 16.4. The van der Waals surface area contributed by atoms with Crippen LogP contribution in [0.1, 0.15) is 0 Å². The molecular formula is C43H22N4O2. The Hall–Kier alpha value is -6.79. The molecule has 0 unspecified atom stereocenters. The van der Waals surface area contributed by atoms with Crippen LogP contribution in [0.15, 0.2) is 142 Å². The van der Waals surface area contributed by atoms with E-state index in [1.807, 2.05) is 36.4 Å². The second-order valence-electron chi connectivity index (χ2n) is 12.8. The lowest BCUT2D eigenvalue weighted by molar-refractivity contribution is 0.668. The van der Waals surface area contributed by atoms with E-state index in [1.165, 1.54) is 5.39 Å². The summed E-state index contributed by atoms with van der Waals surface area (Å²) in [7, 11) is 0. The van der Waals surface area contributed by atoms with Crippen LogP contribution >= 0.6 is 0 Å². The molecule has 226 valence electrons. The Kier molecular flexibility index (Phi) is 4.63. The zero-order chi connectivity index (χ0) is 31.8. The summed E-state index contributed by atoms with van der Waals surface area (Å²) in [6.07, 6.45) is 1.80. The fourth-order valence-corrected chi connectivity index (χ4v) is 8.07. The van der Waals surface area contributed by atoms with E-state index in [2.05, 4.69) is 95.6 Å². The second-order valence-corrected chi connectivity index (χ2v) is 12.8. The number of aromatic nitrogens is 4. The first-order chi connectivity index (χ1) is 24.3. The number of fused-ring (bicyclic) bond motifs is 10. The molecule has 0 N–H and O–H groups in total. The van der Waals surface area contributed by atoms with Crippen molar-refractivity contribution in [2.45, 2.75) is 0 Å². The molecule has 0 fully saturated rings. The van der Waals surface area contributed by atoms with E-state index >= 15 is 0 Å². The molecule has 49 heavy (non-hydrogen) atoms. The van der Waals surface area contributed by atoms with Gasteiger partial charge in [-0.05, 0) is 57.9 Å². The highest BCUT2D eigenvalue weighted by Gasteiger charge is 2.27. The third-order valence-corrected chi connectivity index (χ3v) is 10.2. The lowest BCUT2D eigenvalue weighted by Gasteiger charge is -2.12. The van der Waals surface area contributed by atoms with Gasteiger partial charge in [0.1, 0.15) is 33.5 Å². The van der Waals surface area contributed by atoms with Gasteiger partial charge in [-0.3, -0.25) is 9.55 Å². The number of rotatable bonds is 2. The number of furan rings is 2. The smallest absolute Gasteiger partial charge is 0.236 e. The maximum absolute atomic E-state index is 6.74. The van der Waals surface area contributed by atoms with Crippen LogP contribution in [0.5, 0.6) is 0 Å². The highest BCUT2D eigenvalue weighted by atomic mass is 16.3. The minimum Gasteiger partial charge on any atom is -0.456 e. The fraction of sp³-hybridized carbons (Fsp3) is 0. The molecule has 5 heterocycles. The summed E-state index contributed by atoms with van der Waals surface area (Å²) in [5.41, 5.74) is 8.50. The Bertz CT molecular complexity index is 3350. The van der Waals surface area contributed by atoms with Crippen LogP contribution in [0.3, 0.4) is 0 Å². The first kappa shape index (κ1) is 25.3. The third kappa shape index (κ3) is 3.27. The summed E-state index contributed by atoms with van der Waals surface area (Å²) in [6, 6.07) is 44.1. The molecule has 6 nitrogen and oxygen atoms in total. The Labute approximate surface area is 276 Å². The average molecular weight is 627 g/mol. The van der Waals surface area contributed by atoms with E-state index in [1.54, 1.807) is 6.20 Å². The molecule has 0 amide bonds. The van der Waals surface area contributed by atoms with Gasteiger partial charge in [0.2, 0.25) is 5.95 Å². The molecule has 12 aromatic rings. The summed E-state index contributed by atoms with van der Waals surface area (Å²) in [4.78, 5) is 15.4. The summed E-state index contributed by atoms with van der Waals surface area (Å²) in [6.45, 7) is 0. The highest BCUT2D eigenvalue weighted by Crippen LogP contribution is 2.48. The van der Waals surface area contributed by atoms with E-state index in [-0.39, 0.29) is 0 Å². The maximum atomic E-state index is 6.74. The van der Waals surface area contributed by atoms with E-state index < -0.39 is 0 Å². The molecule has 6 heteroatoms. The third-order valence-electron chi connectivity index (χ3n) is 10.2. The van der Waals surface area contributed by atoms with Crippen molar-refractivity contribution >= 4 is 98.3 Å². The fourth-order valence-electron chi connectivity index (χ4n) is 8.07. The number of nitrogens with zero attached hydrogens (tertiary/aromatic N) is 4. The van der Waals surface area contributed by atoms with Crippen molar-refractivity contribution in [2.75, 3.05) is 0 Å². The molecule has 5 aromatic heterocycles. The minimum atomic E-state index is 0.547. The predicted molar refractivity (Wildman–Crippen MR) is 198 cm³/mol. The molecule has 0 aliphatic heterocycles. The van der Waals surface area contributed by atoms with Gasteiger partial charge in [0.25, 0.3) is 0 Å². The van der Waals surface area contributed by atoms with Gasteiger partial charge in [0.05, 0.1) is 11.0 Å². The molecule has 12 rings (SSSR count). The SMILES string of the molecule is c1ccc2cc(-c3nc(-n4c5cc6oc7ccccc7c6c6ccc7cc8c9ccccc9oc8c4c7c65)nc4cccnc34)ccc2c1. The van der Waals surface area contributed by atoms with Crippen molar-refractivity contribution < 1.29 is 8.83 Å². The van der Waals surface area contributed by atoms with Crippen LogP contribution in [0, 0.1) is 0 Å². The predicted octanol–water partition coefficient (Wildman–Crippen LogP) is 11.3. The number of benzene rings is 7. The molecule has 0 saturated heterocycles. The lowest BCUT2D eigenvalue weighted by atomic mass is 9.97. The van der Waals surface area contributed by atoms with Gasteiger partial charge >= 0.3 is 0 Å². The van der Waals surface area contributed by atoms with Crippen molar-refractivity contribution in [3.63, 3.8) is 0 Å². The van der Waals surface area contributed by atoms with Gasteiger partial charge in [-0.25, -0.2) is 9.97 Å². The van der Waals surface area contributed by atoms with Crippen molar-refractivity contribution in [3.8, 4) is 17.2 Å². The number of pyridine rings is 1. The van der Waals surface area contributed by atoms with E-state index in [9.17, 15) is 0 Å². The lowest BCUT2D eigenvalue weighted by Crippen LogP contribution is -2.04. The molecule has 0 aliphatic carbocycles. The summed E-state index contributed by atoms with van der Waals surface area (Å²) in [5, 5.41) is 11.2. The van der Waals surface area contributed by atoms with E-state index in [0.29, 0.717) is 5.95 Å². The average Bonchev–Trinajstić information content (AvgIpc) is 3.83. The molecule has 0 spiro atoms. The second kappa shape index (κ2) is 8.97. The van der Waals surface area contributed by atoms with Gasteiger partial charge in [0.15, 0.2) is 5.58 Å². The Morgan fingerprint density at radius 1 is 0.510 bits per heavy atom. The summed E-state index contributed by atoms with van der Waals surface area (Å²) in [5.74, 6) is 0.547. The number of hydrogen-bond donors (Lipinski definition) is 0. The molecule has 0 atom stereocenters. The van der Waals surface area contributed by atoms with Crippen LogP contribution in [0.4, 0.5) is 0 Å². The van der Waals surface area contributed by atoms with Crippen molar-refractivity contribution in [3.05, 3.63) is 134 Å². The van der Waals surface area contributed by atoms with Gasteiger partial charge in [-0.15, -0.1) is 0 Å².